The summed E-state index contributed by atoms with van der Waals surface area (Å²) < 4.78 is 39.0. The monoisotopic (exact) mass is 618 g/mol. The van der Waals surface area contributed by atoms with E-state index in [0.717, 1.165) is 61.1 Å². The number of hydrogen-bond donors (Lipinski definition) is 1. The highest BCUT2D eigenvalue weighted by molar-refractivity contribution is 6.30. The Labute approximate surface area is 260 Å². The van der Waals surface area contributed by atoms with E-state index in [-0.39, 0.29) is 18.5 Å². The molecule has 0 spiro atoms. The molecule has 44 heavy (non-hydrogen) atoms. The zero-order chi connectivity index (χ0) is 30.7. The maximum atomic E-state index is 14.2. The van der Waals surface area contributed by atoms with Crippen molar-refractivity contribution in [2.75, 3.05) is 31.5 Å². The predicted molar refractivity (Wildman–Crippen MR) is 171 cm³/mol. The van der Waals surface area contributed by atoms with Gasteiger partial charge in [-0.1, -0.05) is 54.1 Å². The Balaban J connectivity index is 1.30. The molecule has 1 atom stereocenters. The first-order valence-corrected chi connectivity index (χ1v) is 15.4. The number of hydrogen-bond acceptors (Lipinski definition) is 4. The molecule has 0 aliphatic carbocycles. The van der Waals surface area contributed by atoms with Crippen LogP contribution in [0.2, 0.25) is 5.02 Å². The topological polar surface area (TPSA) is 48.5 Å². The van der Waals surface area contributed by atoms with E-state index in [9.17, 15) is 18.0 Å². The third-order valence-corrected chi connectivity index (χ3v) is 8.71. The van der Waals surface area contributed by atoms with Crippen LogP contribution < -0.4 is 5.32 Å². The number of fused-ring (bicyclic) bond motifs is 1. The molecule has 3 aromatic carbocycles. The number of alkyl halides is 3. The summed E-state index contributed by atoms with van der Waals surface area (Å²) in [6, 6.07) is 20.4. The number of halogens is 4. The van der Waals surface area contributed by atoms with E-state index in [1.54, 1.807) is 6.07 Å². The molecule has 3 heterocycles. The minimum Gasteiger partial charge on any atom is -0.366 e. The number of carbonyl (C=O) groups is 1. The maximum absolute atomic E-state index is 14.2. The fourth-order valence-corrected chi connectivity index (χ4v) is 6.22. The van der Waals surface area contributed by atoms with E-state index < -0.39 is 11.7 Å². The third-order valence-electron chi connectivity index (χ3n) is 8.46. The van der Waals surface area contributed by atoms with Crippen LogP contribution in [0.5, 0.6) is 0 Å². The van der Waals surface area contributed by atoms with E-state index in [2.05, 4.69) is 10.2 Å². The van der Waals surface area contributed by atoms with Crippen LogP contribution in [-0.4, -0.2) is 52.9 Å². The summed E-state index contributed by atoms with van der Waals surface area (Å²) in [5.41, 5.74) is 3.18. The molecule has 2 saturated heterocycles. The molecule has 2 aliphatic heterocycles. The summed E-state index contributed by atoms with van der Waals surface area (Å²) in [6.07, 6.45) is 3.98. The lowest BCUT2D eigenvalue weighted by Crippen LogP contribution is -2.42. The van der Waals surface area contributed by atoms with Crippen molar-refractivity contribution in [1.29, 1.82) is 0 Å². The Morgan fingerprint density at radius 2 is 1.61 bits per heavy atom. The molecule has 0 unspecified atom stereocenters. The highest BCUT2D eigenvalue weighted by Gasteiger charge is 2.33. The number of amides is 1. The Bertz CT molecular complexity index is 1650. The normalized spacial score (nSPS) is 17.6. The number of anilines is 1. The largest absolute Gasteiger partial charge is 0.416 e. The summed E-state index contributed by atoms with van der Waals surface area (Å²) in [5.74, 6) is 0.482. The van der Waals surface area contributed by atoms with Gasteiger partial charge in [-0.05, 0) is 97.9 Å². The van der Waals surface area contributed by atoms with Gasteiger partial charge in [-0.3, -0.25) is 4.79 Å². The van der Waals surface area contributed by atoms with Crippen LogP contribution in [-0.2, 0) is 12.7 Å². The molecule has 4 aromatic rings. The van der Waals surface area contributed by atoms with Crippen molar-refractivity contribution in [1.82, 2.24) is 14.8 Å². The quantitative estimate of drug-likeness (QED) is 0.202. The Kier molecular flexibility index (Phi) is 8.91. The second-order valence-electron chi connectivity index (χ2n) is 11.6. The number of nitrogens with zero attached hydrogens (tertiary/aromatic N) is 3. The van der Waals surface area contributed by atoms with Crippen LogP contribution in [0.25, 0.3) is 23.1 Å². The van der Waals surface area contributed by atoms with Crippen molar-refractivity contribution in [2.45, 2.75) is 44.4 Å². The van der Waals surface area contributed by atoms with Gasteiger partial charge in [0.1, 0.15) is 5.82 Å². The molecule has 1 aromatic heterocycles. The van der Waals surface area contributed by atoms with E-state index in [4.69, 9.17) is 16.6 Å². The molecule has 228 valence electrons. The van der Waals surface area contributed by atoms with Gasteiger partial charge in [0.05, 0.1) is 16.6 Å². The van der Waals surface area contributed by atoms with E-state index in [1.165, 1.54) is 25.0 Å². The smallest absolute Gasteiger partial charge is 0.366 e. The standard InChI is InChI=1S/C35H34ClF3N4O/c36-28-14-9-24(10-15-28)5-6-25-11-16-32-30(20-25)31(34(44)43-19-3-4-29(43)23-42-17-1-2-18-42)21-33(41-32)40-22-26-7-12-27(13-8-26)35(37,38)39/h5-16,20-21,29H,1-4,17-19,22-23H2,(H,40,41)/t29-/m0/s1. The first-order chi connectivity index (χ1) is 21.2. The Morgan fingerprint density at radius 3 is 2.34 bits per heavy atom. The zero-order valence-corrected chi connectivity index (χ0v) is 25.0. The summed E-state index contributed by atoms with van der Waals surface area (Å²) in [4.78, 5) is 23.5. The van der Waals surface area contributed by atoms with Crippen molar-refractivity contribution in [3.8, 4) is 0 Å². The highest BCUT2D eigenvalue weighted by atomic mass is 35.5. The van der Waals surface area contributed by atoms with Gasteiger partial charge in [-0.25, -0.2) is 4.98 Å². The summed E-state index contributed by atoms with van der Waals surface area (Å²) in [7, 11) is 0. The number of carbonyl (C=O) groups excluding carboxylic acids is 1. The van der Waals surface area contributed by atoms with Gasteiger partial charge >= 0.3 is 6.18 Å². The summed E-state index contributed by atoms with van der Waals surface area (Å²) in [5, 5.41) is 4.68. The number of benzene rings is 3. The predicted octanol–water partition coefficient (Wildman–Crippen LogP) is 8.39. The lowest BCUT2D eigenvalue weighted by Gasteiger charge is -2.29. The molecular formula is C35H34ClF3N4O. The molecule has 5 nitrogen and oxygen atoms in total. The van der Waals surface area contributed by atoms with Gasteiger partial charge in [0, 0.05) is 36.1 Å². The fraction of sp³-hybridized carbons (Fsp3) is 0.314. The van der Waals surface area contributed by atoms with Crippen LogP contribution in [0, 0.1) is 0 Å². The molecule has 6 rings (SSSR count). The Morgan fingerprint density at radius 1 is 0.909 bits per heavy atom. The molecule has 1 amide bonds. The van der Waals surface area contributed by atoms with E-state index in [1.807, 2.05) is 59.5 Å². The van der Waals surface area contributed by atoms with Crippen LogP contribution in [0.4, 0.5) is 19.0 Å². The average Bonchev–Trinajstić information content (AvgIpc) is 3.71. The number of aromatic nitrogens is 1. The van der Waals surface area contributed by atoms with Crippen molar-refractivity contribution in [2.24, 2.45) is 0 Å². The van der Waals surface area contributed by atoms with Crippen molar-refractivity contribution >= 4 is 46.4 Å². The number of rotatable bonds is 8. The molecule has 0 radical (unpaired) electrons. The fourth-order valence-electron chi connectivity index (χ4n) is 6.10. The Hall–Kier alpha value is -3.88. The van der Waals surface area contributed by atoms with Gasteiger partial charge < -0.3 is 15.1 Å². The molecule has 2 fully saturated rings. The lowest BCUT2D eigenvalue weighted by atomic mass is 10.0. The van der Waals surface area contributed by atoms with Crippen LogP contribution >= 0.6 is 11.6 Å². The number of likely N-dealkylation sites (tertiary alicyclic amines) is 2. The van der Waals surface area contributed by atoms with Crippen LogP contribution in [0.1, 0.15) is 58.3 Å². The van der Waals surface area contributed by atoms with Gasteiger partial charge in [0.15, 0.2) is 0 Å². The average molecular weight is 619 g/mol. The lowest BCUT2D eigenvalue weighted by molar-refractivity contribution is -0.137. The molecule has 0 bridgehead atoms. The van der Waals surface area contributed by atoms with Crippen molar-refractivity contribution in [3.63, 3.8) is 0 Å². The van der Waals surface area contributed by atoms with Gasteiger partial charge in [0.25, 0.3) is 5.91 Å². The second-order valence-corrected chi connectivity index (χ2v) is 12.0. The van der Waals surface area contributed by atoms with Crippen molar-refractivity contribution < 1.29 is 18.0 Å². The first kappa shape index (κ1) is 30.2. The minimum atomic E-state index is -4.38. The third kappa shape index (κ3) is 7.08. The molecular weight excluding hydrogens is 585 g/mol. The number of nitrogens with one attached hydrogen (secondary N) is 1. The van der Waals surface area contributed by atoms with E-state index in [0.29, 0.717) is 34.0 Å². The molecule has 9 heteroatoms. The first-order valence-electron chi connectivity index (χ1n) is 15.0. The zero-order valence-electron chi connectivity index (χ0n) is 24.3. The van der Waals surface area contributed by atoms with E-state index >= 15 is 0 Å². The van der Waals surface area contributed by atoms with Crippen LogP contribution in [0.15, 0.2) is 72.8 Å². The maximum Gasteiger partial charge on any atom is 0.416 e. The number of pyridine rings is 1. The molecule has 2 aliphatic rings. The summed E-state index contributed by atoms with van der Waals surface area (Å²) in [6.45, 7) is 4.04. The van der Waals surface area contributed by atoms with Gasteiger partial charge in [-0.2, -0.15) is 13.2 Å². The molecule has 0 saturated carbocycles. The SMILES string of the molecule is O=C(c1cc(NCc2ccc(C(F)(F)F)cc2)nc2ccc(C=Cc3ccc(Cl)cc3)cc12)N1CCC[C@H]1CN1CCCC1. The van der Waals surface area contributed by atoms with Gasteiger partial charge in [0.2, 0.25) is 0 Å². The van der Waals surface area contributed by atoms with Gasteiger partial charge in [-0.15, -0.1) is 0 Å². The minimum absolute atomic E-state index is 0.0180. The van der Waals surface area contributed by atoms with Crippen LogP contribution in [0.3, 0.4) is 0 Å². The summed E-state index contributed by atoms with van der Waals surface area (Å²) >= 11 is 6.03. The second kappa shape index (κ2) is 13.0. The molecule has 1 N–H and O–H groups in total. The van der Waals surface area contributed by atoms with Crippen molar-refractivity contribution in [3.05, 3.63) is 106 Å². The highest BCUT2D eigenvalue weighted by Crippen LogP contribution is 2.31.